The van der Waals surface area contributed by atoms with Crippen LogP contribution in [0.4, 0.5) is 0 Å². The average molecular weight is 286 g/mol. The van der Waals surface area contributed by atoms with Crippen LogP contribution in [0.25, 0.3) is 0 Å². The van der Waals surface area contributed by atoms with E-state index in [0.717, 1.165) is 0 Å². The van der Waals surface area contributed by atoms with Crippen molar-refractivity contribution < 1.29 is 43.1 Å². The summed E-state index contributed by atoms with van der Waals surface area (Å²) in [6.45, 7) is 0. The van der Waals surface area contributed by atoms with Gasteiger partial charge >= 0.3 is 29.6 Å². The molecule has 0 bridgehead atoms. The molecule has 0 aliphatic rings. The van der Waals surface area contributed by atoms with Gasteiger partial charge in [-0.3, -0.25) is 9.00 Å². The molecule has 1 aromatic rings. The zero-order chi connectivity index (χ0) is 10.0. The number of primary amides is 1. The molecule has 4 nitrogen and oxygen atoms in total. The topological polar surface area (TPSA) is 83.2 Å². The minimum absolute atomic E-state index is 0. The quantitative estimate of drug-likeness (QED) is 0.494. The van der Waals surface area contributed by atoms with E-state index in [0.29, 0.717) is 4.47 Å². The molecule has 0 saturated carbocycles. The largest absolute Gasteiger partial charge is 1.00 e. The maximum atomic E-state index is 10.7. The zero-order valence-corrected chi connectivity index (χ0v) is 11.7. The predicted octanol–water partition coefficient (Wildman–Crippen LogP) is -2.21. The second-order valence-electron chi connectivity index (χ2n) is 2.27. The van der Waals surface area contributed by atoms with Gasteiger partial charge in [0.1, 0.15) is 0 Å². The van der Waals surface area contributed by atoms with Crippen molar-refractivity contribution in [1.82, 2.24) is 0 Å². The van der Waals surface area contributed by atoms with Gasteiger partial charge in [0, 0.05) is 14.9 Å². The van der Waals surface area contributed by atoms with E-state index in [4.69, 9.17) is 5.73 Å². The number of carbonyl (C=O) groups excluding carboxylic acids is 1. The number of hydrogen-bond acceptors (Lipinski definition) is 3. The number of rotatable bonds is 2. The second-order valence-corrected chi connectivity index (χ2v) is 4.13. The summed E-state index contributed by atoms with van der Waals surface area (Å²) in [6.07, 6.45) is 0. The molecule has 1 atom stereocenters. The van der Waals surface area contributed by atoms with Gasteiger partial charge in [-0.15, -0.1) is 0 Å². The minimum Gasteiger partial charge on any atom is -0.768 e. The first kappa shape index (κ1) is 14.3. The van der Waals surface area contributed by atoms with Crippen LogP contribution >= 0.6 is 15.9 Å². The summed E-state index contributed by atoms with van der Waals surface area (Å²) in [6, 6.07) is 4.06. The van der Waals surface area contributed by atoms with Gasteiger partial charge in [-0.2, -0.15) is 0 Å². The van der Waals surface area contributed by atoms with Crippen LogP contribution < -0.4 is 35.3 Å². The number of hydrogen-bond donors (Lipinski definition) is 1. The summed E-state index contributed by atoms with van der Waals surface area (Å²) in [7, 11) is 0. The van der Waals surface area contributed by atoms with Crippen LogP contribution in [0.5, 0.6) is 0 Å². The molecule has 0 aromatic heterocycles. The fourth-order valence-corrected chi connectivity index (χ4v) is 1.89. The van der Waals surface area contributed by atoms with E-state index in [2.05, 4.69) is 15.9 Å². The fraction of sp³-hybridized carbons (Fsp3) is 0. The second kappa shape index (κ2) is 5.99. The first-order valence-corrected chi connectivity index (χ1v) is 5.07. The number of halogens is 1. The maximum Gasteiger partial charge on any atom is 1.00 e. The molecule has 0 spiro atoms. The van der Waals surface area contributed by atoms with E-state index in [1.807, 2.05) is 0 Å². The molecular weight excluding hydrogens is 281 g/mol. The SMILES string of the molecule is NC(=O)c1cc(Br)cc(S(=O)[O-])c1.[Na+]. The van der Waals surface area contributed by atoms with E-state index in [1.54, 1.807) is 0 Å². The van der Waals surface area contributed by atoms with Crippen molar-refractivity contribution in [3.63, 3.8) is 0 Å². The molecule has 1 rings (SSSR count). The minimum atomic E-state index is -2.35. The molecule has 1 amide bonds. The Labute approximate surface area is 114 Å². The third-order valence-electron chi connectivity index (χ3n) is 1.35. The number of carbonyl (C=O) groups is 1. The molecule has 14 heavy (non-hydrogen) atoms. The molecule has 1 aromatic carbocycles. The fourth-order valence-electron chi connectivity index (χ4n) is 0.801. The van der Waals surface area contributed by atoms with Gasteiger partial charge in [0.2, 0.25) is 5.91 Å². The summed E-state index contributed by atoms with van der Waals surface area (Å²) < 4.78 is 21.6. The van der Waals surface area contributed by atoms with Gasteiger partial charge in [-0.1, -0.05) is 15.9 Å². The Morgan fingerprint density at radius 2 is 2.00 bits per heavy atom. The van der Waals surface area contributed by atoms with Crippen LogP contribution in [-0.4, -0.2) is 14.7 Å². The molecule has 70 valence electrons. The van der Waals surface area contributed by atoms with E-state index < -0.39 is 17.0 Å². The van der Waals surface area contributed by atoms with E-state index in [-0.39, 0.29) is 40.0 Å². The van der Waals surface area contributed by atoms with Crippen LogP contribution in [0.1, 0.15) is 10.4 Å². The Morgan fingerprint density at radius 1 is 1.43 bits per heavy atom. The van der Waals surface area contributed by atoms with Gasteiger partial charge in [0.25, 0.3) is 0 Å². The van der Waals surface area contributed by atoms with Gasteiger partial charge in [-0.25, -0.2) is 0 Å². The van der Waals surface area contributed by atoms with Gasteiger partial charge in [0.05, 0.1) is 0 Å². The van der Waals surface area contributed by atoms with Crippen molar-refractivity contribution in [2.45, 2.75) is 4.90 Å². The summed E-state index contributed by atoms with van der Waals surface area (Å²) in [5.41, 5.74) is 5.15. The summed E-state index contributed by atoms with van der Waals surface area (Å²) in [5, 5.41) is 0. The van der Waals surface area contributed by atoms with Crippen molar-refractivity contribution in [3.05, 3.63) is 28.2 Å². The molecule has 2 N–H and O–H groups in total. The summed E-state index contributed by atoms with van der Waals surface area (Å²) in [5.74, 6) is -0.659. The predicted molar refractivity (Wildman–Crippen MR) is 49.8 cm³/mol. The molecule has 1 unspecified atom stereocenters. The smallest absolute Gasteiger partial charge is 0.768 e. The van der Waals surface area contributed by atoms with Crippen molar-refractivity contribution in [2.24, 2.45) is 5.73 Å². The van der Waals surface area contributed by atoms with Crippen LogP contribution in [-0.2, 0) is 11.1 Å². The van der Waals surface area contributed by atoms with Crippen molar-refractivity contribution in [2.75, 3.05) is 0 Å². The Morgan fingerprint density at radius 3 is 2.43 bits per heavy atom. The normalized spacial score (nSPS) is 11.6. The Kier molecular flexibility index (Phi) is 6.11. The molecule has 0 saturated heterocycles. The first-order valence-electron chi connectivity index (χ1n) is 3.20. The third kappa shape index (κ3) is 3.80. The molecule has 0 radical (unpaired) electrons. The average Bonchev–Trinajstić information content (AvgIpc) is 2.03. The number of nitrogens with two attached hydrogens (primary N) is 1. The molecule has 0 aliphatic carbocycles. The van der Waals surface area contributed by atoms with Gasteiger partial charge in [-0.05, 0) is 29.3 Å². The van der Waals surface area contributed by atoms with Gasteiger partial charge in [0.15, 0.2) is 0 Å². The molecule has 0 aliphatic heterocycles. The Bertz CT molecular complexity index is 353. The maximum absolute atomic E-state index is 10.7. The van der Waals surface area contributed by atoms with Crippen molar-refractivity contribution >= 4 is 32.9 Å². The number of benzene rings is 1. The van der Waals surface area contributed by atoms with Crippen LogP contribution in [0.3, 0.4) is 0 Å². The zero-order valence-electron chi connectivity index (χ0n) is 7.32. The Balaban J connectivity index is 0.00000169. The van der Waals surface area contributed by atoms with Crippen LogP contribution in [0.2, 0.25) is 0 Å². The standard InChI is InChI=1S/C7H6BrNO3S.Na/c8-5-1-4(7(9)10)2-6(3-5)13(11)12;/h1-3H,(H2,9,10)(H,11,12);/q;+1/p-1. The molecule has 0 fully saturated rings. The van der Waals surface area contributed by atoms with E-state index in [9.17, 15) is 13.6 Å². The van der Waals surface area contributed by atoms with Crippen LogP contribution in [0, 0.1) is 0 Å². The van der Waals surface area contributed by atoms with Gasteiger partial charge < -0.3 is 10.3 Å². The number of amides is 1. The third-order valence-corrected chi connectivity index (χ3v) is 2.43. The Hall–Kier alpha value is 0.280. The van der Waals surface area contributed by atoms with E-state index in [1.165, 1.54) is 18.2 Å². The molecule has 7 heteroatoms. The van der Waals surface area contributed by atoms with Crippen molar-refractivity contribution in [1.29, 1.82) is 0 Å². The van der Waals surface area contributed by atoms with Crippen molar-refractivity contribution in [3.8, 4) is 0 Å². The molecular formula is C7H5BrNNaO3S. The monoisotopic (exact) mass is 285 g/mol. The molecule has 0 heterocycles. The first-order chi connectivity index (χ1) is 6.00. The van der Waals surface area contributed by atoms with Crippen LogP contribution in [0.15, 0.2) is 27.6 Å². The van der Waals surface area contributed by atoms with E-state index >= 15 is 0 Å². The summed E-state index contributed by atoms with van der Waals surface area (Å²) >= 11 is 0.715. The summed E-state index contributed by atoms with van der Waals surface area (Å²) in [4.78, 5) is 10.8.